The molecular formula is C17H10ClN3O3S. The van der Waals surface area contributed by atoms with Gasteiger partial charge in [0.2, 0.25) is 0 Å². The fraction of sp³-hybridized carbons (Fsp3) is 0.0588. The Kier molecular flexibility index (Phi) is 4.65. The van der Waals surface area contributed by atoms with E-state index in [0.717, 1.165) is 0 Å². The molecule has 0 aliphatic rings. The predicted molar refractivity (Wildman–Crippen MR) is 96.6 cm³/mol. The zero-order valence-electron chi connectivity index (χ0n) is 12.7. The van der Waals surface area contributed by atoms with E-state index in [1.807, 2.05) is 0 Å². The first-order valence-electron chi connectivity index (χ1n) is 7.05. The van der Waals surface area contributed by atoms with Crippen LogP contribution in [0.2, 0.25) is 5.02 Å². The maximum absolute atomic E-state index is 12.4. The van der Waals surface area contributed by atoms with Gasteiger partial charge in [0.15, 0.2) is 4.80 Å². The van der Waals surface area contributed by atoms with Crippen LogP contribution in [0, 0.1) is 22.5 Å². The molecule has 0 N–H and O–H groups in total. The molecule has 25 heavy (non-hydrogen) atoms. The summed E-state index contributed by atoms with van der Waals surface area (Å²) in [7, 11) is 0. The number of aromatic nitrogens is 1. The molecular weight excluding hydrogens is 362 g/mol. The van der Waals surface area contributed by atoms with Crippen molar-refractivity contribution in [3.63, 3.8) is 0 Å². The Morgan fingerprint density at radius 2 is 2.04 bits per heavy atom. The minimum atomic E-state index is -0.472. The lowest BCUT2D eigenvalue weighted by molar-refractivity contribution is -0.384. The van der Waals surface area contributed by atoms with Crippen molar-refractivity contribution in [2.75, 3.05) is 0 Å². The molecule has 0 fully saturated rings. The maximum Gasteiger partial charge on any atom is 0.279 e. The lowest BCUT2D eigenvalue weighted by atomic mass is 10.2. The van der Waals surface area contributed by atoms with E-state index in [1.54, 1.807) is 34.9 Å². The molecule has 2 aromatic carbocycles. The monoisotopic (exact) mass is 371 g/mol. The molecule has 0 atom stereocenters. The lowest BCUT2D eigenvalue weighted by Gasteiger charge is -2.00. The van der Waals surface area contributed by atoms with Gasteiger partial charge in [0.1, 0.15) is 0 Å². The van der Waals surface area contributed by atoms with Crippen LogP contribution >= 0.6 is 22.9 Å². The summed E-state index contributed by atoms with van der Waals surface area (Å²) >= 11 is 6.99. The number of amides is 1. The average Bonchev–Trinajstić information content (AvgIpc) is 2.92. The standard InChI is InChI=1S/C17H10ClN3O3S/c1-2-9-20-14-8-7-13(21(23)24)10-15(14)25-17(20)19-16(22)11-3-5-12(18)6-4-11/h1,3-8,10H,9H2. The fourth-order valence-corrected chi connectivity index (χ4v) is 3.44. The Morgan fingerprint density at radius 3 is 2.68 bits per heavy atom. The van der Waals surface area contributed by atoms with Crippen molar-refractivity contribution in [3.8, 4) is 12.3 Å². The van der Waals surface area contributed by atoms with Gasteiger partial charge in [0.05, 0.1) is 21.7 Å². The minimum Gasteiger partial charge on any atom is -0.305 e. The first-order chi connectivity index (χ1) is 12.0. The minimum absolute atomic E-state index is 0.0304. The van der Waals surface area contributed by atoms with E-state index in [-0.39, 0.29) is 12.2 Å². The number of rotatable bonds is 3. The van der Waals surface area contributed by atoms with Crippen LogP contribution < -0.4 is 4.80 Å². The number of thiazole rings is 1. The largest absolute Gasteiger partial charge is 0.305 e. The van der Waals surface area contributed by atoms with E-state index < -0.39 is 10.8 Å². The van der Waals surface area contributed by atoms with Gasteiger partial charge in [0.25, 0.3) is 11.6 Å². The summed E-state index contributed by atoms with van der Waals surface area (Å²) < 4.78 is 2.31. The number of carbonyl (C=O) groups excluding carboxylic acids is 1. The third-order valence-corrected chi connectivity index (χ3v) is 4.71. The molecule has 3 aromatic rings. The van der Waals surface area contributed by atoms with Gasteiger partial charge in [-0.15, -0.1) is 6.42 Å². The second-order valence-corrected chi connectivity index (χ2v) is 6.45. The fourth-order valence-electron chi connectivity index (χ4n) is 2.25. The third-order valence-electron chi connectivity index (χ3n) is 3.41. The topological polar surface area (TPSA) is 77.5 Å². The number of benzene rings is 2. The molecule has 6 nitrogen and oxygen atoms in total. The van der Waals surface area contributed by atoms with Crippen molar-refractivity contribution in [2.24, 2.45) is 4.99 Å². The van der Waals surface area contributed by atoms with Crippen molar-refractivity contribution in [2.45, 2.75) is 6.54 Å². The lowest BCUT2D eigenvalue weighted by Crippen LogP contribution is -2.16. The first kappa shape index (κ1) is 16.9. The number of terminal acetylenes is 1. The average molecular weight is 372 g/mol. The smallest absolute Gasteiger partial charge is 0.279 e. The molecule has 1 aromatic heterocycles. The maximum atomic E-state index is 12.4. The molecule has 0 radical (unpaired) electrons. The van der Waals surface area contributed by atoms with Crippen LogP contribution in [0.4, 0.5) is 5.69 Å². The summed E-state index contributed by atoms with van der Waals surface area (Å²) in [4.78, 5) is 27.3. The molecule has 0 saturated carbocycles. The predicted octanol–water partition coefficient (Wildman–Crippen LogP) is 3.64. The van der Waals surface area contributed by atoms with Crippen LogP contribution in [0.1, 0.15) is 10.4 Å². The molecule has 0 bridgehead atoms. The summed E-state index contributed by atoms with van der Waals surface area (Å²) in [5.41, 5.74) is 1.05. The number of nitro benzene ring substituents is 1. The van der Waals surface area contributed by atoms with E-state index >= 15 is 0 Å². The van der Waals surface area contributed by atoms with Gasteiger partial charge < -0.3 is 4.57 Å². The summed E-state index contributed by atoms with van der Waals surface area (Å²) in [5, 5.41) is 11.5. The van der Waals surface area contributed by atoms with Crippen molar-refractivity contribution in [1.29, 1.82) is 0 Å². The highest BCUT2D eigenvalue weighted by Gasteiger charge is 2.12. The number of non-ortho nitro benzene ring substituents is 1. The van der Waals surface area contributed by atoms with E-state index in [4.69, 9.17) is 18.0 Å². The van der Waals surface area contributed by atoms with Gasteiger partial charge >= 0.3 is 0 Å². The van der Waals surface area contributed by atoms with Gasteiger partial charge in [0, 0.05) is 22.7 Å². The van der Waals surface area contributed by atoms with Gasteiger partial charge in [-0.2, -0.15) is 4.99 Å². The van der Waals surface area contributed by atoms with Gasteiger partial charge in [-0.25, -0.2) is 0 Å². The number of halogens is 1. The molecule has 0 unspecified atom stereocenters. The number of carbonyl (C=O) groups is 1. The Morgan fingerprint density at radius 1 is 1.32 bits per heavy atom. The molecule has 124 valence electrons. The number of nitro groups is 1. The van der Waals surface area contributed by atoms with Crippen LogP contribution in [0.25, 0.3) is 10.2 Å². The molecule has 0 aliphatic heterocycles. The van der Waals surface area contributed by atoms with Gasteiger partial charge in [-0.05, 0) is 30.3 Å². The van der Waals surface area contributed by atoms with Crippen molar-refractivity contribution in [3.05, 3.63) is 68.0 Å². The normalized spacial score (nSPS) is 11.4. The van der Waals surface area contributed by atoms with Gasteiger partial charge in [-0.1, -0.05) is 28.9 Å². The zero-order valence-corrected chi connectivity index (χ0v) is 14.3. The highest BCUT2D eigenvalue weighted by molar-refractivity contribution is 7.16. The van der Waals surface area contributed by atoms with E-state index in [9.17, 15) is 14.9 Å². The van der Waals surface area contributed by atoms with E-state index in [1.165, 1.54) is 23.5 Å². The van der Waals surface area contributed by atoms with Gasteiger partial charge in [-0.3, -0.25) is 14.9 Å². The first-order valence-corrected chi connectivity index (χ1v) is 8.25. The highest BCUT2D eigenvalue weighted by Crippen LogP contribution is 2.23. The number of nitrogens with zero attached hydrogens (tertiary/aromatic N) is 3. The Hall–Kier alpha value is -2.95. The summed E-state index contributed by atoms with van der Waals surface area (Å²) in [6, 6.07) is 10.8. The zero-order chi connectivity index (χ0) is 18.0. The molecule has 0 saturated heterocycles. The highest BCUT2D eigenvalue weighted by atomic mass is 35.5. The molecule has 8 heteroatoms. The summed E-state index contributed by atoms with van der Waals surface area (Å²) in [6.45, 7) is 0.199. The van der Waals surface area contributed by atoms with Crippen molar-refractivity contribution in [1.82, 2.24) is 4.57 Å². The van der Waals surface area contributed by atoms with Crippen LogP contribution in [-0.4, -0.2) is 15.4 Å². The van der Waals surface area contributed by atoms with Crippen LogP contribution in [-0.2, 0) is 6.54 Å². The molecule has 1 heterocycles. The molecule has 0 aliphatic carbocycles. The van der Waals surface area contributed by atoms with Crippen molar-refractivity contribution >= 4 is 44.7 Å². The van der Waals surface area contributed by atoms with Crippen LogP contribution in [0.3, 0.4) is 0 Å². The molecule has 1 amide bonds. The van der Waals surface area contributed by atoms with Crippen molar-refractivity contribution < 1.29 is 9.72 Å². The third kappa shape index (κ3) is 3.45. The SMILES string of the molecule is C#CCn1c(=NC(=O)c2ccc(Cl)cc2)sc2cc([N+](=O)[O-])ccc21. The molecule has 0 spiro atoms. The summed E-state index contributed by atoms with van der Waals surface area (Å²) in [6.07, 6.45) is 5.40. The molecule has 3 rings (SSSR count). The Labute approximate surface area is 151 Å². The van der Waals surface area contributed by atoms with Crippen LogP contribution in [0.15, 0.2) is 47.5 Å². The number of hydrogen-bond acceptors (Lipinski definition) is 4. The van der Waals surface area contributed by atoms with Crippen LogP contribution in [0.5, 0.6) is 0 Å². The number of fused-ring (bicyclic) bond motifs is 1. The summed E-state index contributed by atoms with van der Waals surface area (Å²) in [5.74, 6) is 2.07. The second kappa shape index (κ2) is 6.89. The Balaban J connectivity index is 2.15. The van der Waals surface area contributed by atoms with E-state index in [2.05, 4.69) is 10.9 Å². The quantitative estimate of drug-likeness (QED) is 0.400. The second-order valence-electron chi connectivity index (χ2n) is 5.01. The Bertz CT molecular complexity index is 1090. The van der Waals surface area contributed by atoms with E-state index in [0.29, 0.717) is 25.6 Å². The number of hydrogen-bond donors (Lipinski definition) is 0.